The molecule has 0 bridgehead atoms. The summed E-state index contributed by atoms with van der Waals surface area (Å²) in [6.45, 7) is 6.69. The molecule has 0 heterocycles. The maximum atomic E-state index is 6.08. The summed E-state index contributed by atoms with van der Waals surface area (Å²) in [5.41, 5.74) is 6.39. The number of nitrogens with two attached hydrogens (primary N) is 1. The molecule has 1 saturated carbocycles. The second-order valence-corrected chi connectivity index (χ2v) is 5.74. The van der Waals surface area contributed by atoms with E-state index in [1.165, 1.54) is 51.5 Å². The Hall–Kier alpha value is -0.0800. The molecule has 1 aliphatic rings. The maximum absolute atomic E-state index is 6.08. The third-order valence-electron chi connectivity index (χ3n) is 4.48. The molecule has 2 heteroatoms. The first kappa shape index (κ1) is 14.0. The zero-order valence-electron chi connectivity index (χ0n) is 11.5. The van der Waals surface area contributed by atoms with Gasteiger partial charge in [0, 0.05) is 12.1 Å². The Morgan fingerprint density at radius 3 is 2.69 bits per heavy atom. The van der Waals surface area contributed by atoms with Gasteiger partial charge in [-0.3, -0.25) is 4.90 Å². The predicted octanol–water partition coefficient (Wildman–Crippen LogP) is 3.02. The van der Waals surface area contributed by atoms with Crippen molar-refractivity contribution < 1.29 is 0 Å². The number of likely N-dealkylation sites (N-methyl/N-ethyl adjacent to an activating group) is 1. The fourth-order valence-electron chi connectivity index (χ4n) is 2.94. The van der Waals surface area contributed by atoms with Gasteiger partial charge in [0.25, 0.3) is 0 Å². The van der Waals surface area contributed by atoms with Crippen LogP contribution in [0.25, 0.3) is 0 Å². The van der Waals surface area contributed by atoms with Crippen molar-refractivity contribution in [1.82, 2.24) is 4.90 Å². The average molecular weight is 226 g/mol. The molecule has 96 valence electrons. The van der Waals surface area contributed by atoms with Crippen LogP contribution in [0.2, 0.25) is 0 Å². The van der Waals surface area contributed by atoms with Gasteiger partial charge >= 0.3 is 0 Å². The predicted molar refractivity (Wildman–Crippen MR) is 71.6 cm³/mol. The lowest BCUT2D eigenvalue weighted by Crippen LogP contribution is -2.52. The fraction of sp³-hybridized carbons (Fsp3) is 1.00. The smallest absolute Gasteiger partial charge is 0.0328 e. The first-order valence-electron chi connectivity index (χ1n) is 7.06. The number of unbranched alkanes of at least 4 members (excludes halogenated alkanes) is 1. The highest BCUT2D eigenvalue weighted by Gasteiger charge is 2.34. The van der Waals surface area contributed by atoms with E-state index in [9.17, 15) is 0 Å². The second-order valence-electron chi connectivity index (χ2n) is 5.74. The molecule has 16 heavy (non-hydrogen) atoms. The van der Waals surface area contributed by atoms with Crippen LogP contribution < -0.4 is 5.73 Å². The van der Waals surface area contributed by atoms with Crippen molar-refractivity contribution in [2.24, 2.45) is 11.7 Å². The molecule has 0 aliphatic heterocycles. The molecule has 2 nitrogen and oxygen atoms in total. The van der Waals surface area contributed by atoms with E-state index in [-0.39, 0.29) is 0 Å². The molecule has 0 spiro atoms. The zero-order chi connectivity index (χ0) is 12.0. The summed E-state index contributed by atoms with van der Waals surface area (Å²) in [5.74, 6) is 0.896. The Bertz CT molecular complexity index is 193. The Kier molecular flexibility index (Phi) is 5.77. The van der Waals surface area contributed by atoms with Crippen molar-refractivity contribution in [3.8, 4) is 0 Å². The molecule has 2 unspecified atom stereocenters. The van der Waals surface area contributed by atoms with Crippen molar-refractivity contribution in [1.29, 1.82) is 0 Å². The summed E-state index contributed by atoms with van der Waals surface area (Å²) in [7, 11) is 2.28. The largest absolute Gasteiger partial charge is 0.329 e. The molecular formula is C14H30N2. The van der Waals surface area contributed by atoms with Crippen molar-refractivity contribution in [3.63, 3.8) is 0 Å². The lowest BCUT2D eigenvalue weighted by atomic mass is 9.88. The van der Waals surface area contributed by atoms with Gasteiger partial charge in [-0.25, -0.2) is 0 Å². The molecule has 0 amide bonds. The highest BCUT2D eigenvalue weighted by atomic mass is 15.2. The van der Waals surface area contributed by atoms with Crippen LogP contribution in [0.1, 0.15) is 58.8 Å². The Balaban J connectivity index is 2.59. The molecule has 0 aromatic rings. The van der Waals surface area contributed by atoms with E-state index in [0.717, 1.165) is 12.5 Å². The monoisotopic (exact) mass is 226 g/mol. The summed E-state index contributed by atoms with van der Waals surface area (Å²) in [4.78, 5) is 2.55. The van der Waals surface area contributed by atoms with E-state index in [1.54, 1.807) is 0 Å². The van der Waals surface area contributed by atoms with Crippen LogP contribution in [0.3, 0.4) is 0 Å². The van der Waals surface area contributed by atoms with Crippen LogP contribution in [0.5, 0.6) is 0 Å². The molecule has 1 aliphatic carbocycles. The third kappa shape index (κ3) is 3.46. The van der Waals surface area contributed by atoms with Crippen molar-refractivity contribution in [2.45, 2.75) is 64.3 Å². The quantitative estimate of drug-likeness (QED) is 0.730. The molecule has 1 fully saturated rings. The lowest BCUT2D eigenvalue weighted by molar-refractivity contribution is 0.105. The topological polar surface area (TPSA) is 29.3 Å². The maximum Gasteiger partial charge on any atom is 0.0328 e. The minimum atomic E-state index is 0.305. The molecule has 0 saturated heterocycles. The average Bonchev–Trinajstić information content (AvgIpc) is 2.49. The van der Waals surface area contributed by atoms with Gasteiger partial charge in [-0.05, 0) is 45.2 Å². The van der Waals surface area contributed by atoms with Gasteiger partial charge in [0.05, 0.1) is 0 Å². The molecule has 0 aromatic carbocycles. The van der Waals surface area contributed by atoms with E-state index in [0.29, 0.717) is 5.54 Å². The normalized spacial score (nSPS) is 31.7. The Morgan fingerprint density at radius 1 is 1.31 bits per heavy atom. The lowest BCUT2D eigenvalue weighted by Gasteiger charge is -2.41. The van der Waals surface area contributed by atoms with Crippen LogP contribution in [0, 0.1) is 5.92 Å². The van der Waals surface area contributed by atoms with Crippen molar-refractivity contribution in [3.05, 3.63) is 0 Å². The van der Waals surface area contributed by atoms with Crippen LogP contribution in [-0.2, 0) is 0 Å². The second kappa shape index (κ2) is 6.61. The molecule has 2 N–H and O–H groups in total. The minimum absolute atomic E-state index is 0.305. The fourth-order valence-corrected chi connectivity index (χ4v) is 2.94. The Labute approximate surface area is 102 Å². The Morgan fingerprint density at radius 2 is 2.06 bits per heavy atom. The third-order valence-corrected chi connectivity index (χ3v) is 4.48. The van der Waals surface area contributed by atoms with E-state index in [2.05, 4.69) is 25.8 Å². The summed E-state index contributed by atoms with van der Waals surface area (Å²) >= 11 is 0. The van der Waals surface area contributed by atoms with Gasteiger partial charge in [-0.1, -0.05) is 33.1 Å². The van der Waals surface area contributed by atoms with Crippen LogP contribution in [0.4, 0.5) is 0 Å². The number of hydrogen-bond acceptors (Lipinski definition) is 2. The van der Waals surface area contributed by atoms with Crippen LogP contribution >= 0.6 is 0 Å². The molecule has 0 aromatic heterocycles. The first-order chi connectivity index (χ1) is 7.64. The number of nitrogens with zero attached hydrogens (tertiary/aromatic N) is 1. The van der Waals surface area contributed by atoms with Crippen LogP contribution in [0.15, 0.2) is 0 Å². The van der Waals surface area contributed by atoms with Crippen molar-refractivity contribution in [2.75, 3.05) is 20.1 Å². The first-order valence-corrected chi connectivity index (χ1v) is 7.06. The number of rotatable bonds is 5. The van der Waals surface area contributed by atoms with E-state index in [4.69, 9.17) is 5.73 Å². The van der Waals surface area contributed by atoms with Gasteiger partial charge in [0.2, 0.25) is 0 Å². The molecule has 2 atom stereocenters. The van der Waals surface area contributed by atoms with Crippen LogP contribution in [-0.4, -0.2) is 30.6 Å². The van der Waals surface area contributed by atoms with E-state index < -0.39 is 0 Å². The van der Waals surface area contributed by atoms with E-state index in [1.807, 2.05) is 0 Å². The summed E-state index contributed by atoms with van der Waals surface area (Å²) in [5, 5.41) is 0. The molecular weight excluding hydrogens is 196 g/mol. The number of hydrogen-bond donors (Lipinski definition) is 1. The molecule has 1 rings (SSSR count). The SMILES string of the molecule is CCCCN(C)C1(CN)CCCC(C)CC1. The summed E-state index contributed by atoms with van der Waals surface area (Å²) < 4.78 is 0. The molecule has 0 radical (unpaired) electrons. The summed E-state index contributed by atoms with van der Waals surface area (Å²) in [6.07, 6.45) is 9.28. The van der Waals surface area contributed by atoms with Gasteiger partial charge < -0.3 is 5.73 Å². The van der Waals surface area contributed by atoms with Gasteiger partial charge in [-0.15, -0.1) is 0 Å². The minimum Gasteiger partial charge on any atom is -0.329 e. The highest BCUT2D eigenvalue weighted by Crippen LogP contribution is 2.33. The zero-order valence-corrected chi connectivity index (χ0v) is 11.5. The highest BCUT2D eigenvalue weighted by molar-refractivity contribution is 4.92. The van der Waals surface area contributed by atoms with Gasteiger partial charge in [-0.2, -0.15) is 0 Å². The van der Waals surface area contributed by atoms with E-state index >= 15 is 0 Å². The summed E-state index contributed by atoms with van der Waals surface area (Å²) in [6, 6.07) is 0. The standard InChI is InChI=1S/C14H30N2/c1-4-5-11-16(3)14(12-15)9-6-7-13(2)8-10-14/h13H,4-12,15H2,1-3H3. The van der Waals surface area contributed by atoms with Gasteiger partial charge in [0.1, 0.15) is 0 Å². The van der Waals surface area contributed by atoms with Crippen molar-refractivity contribution >= 4 is 0 Å². The van der Waals surface area contributed by atoms with Gasteiger partial charge in [0.15, 0.2) is 0 Å².